The first-order valence-electron chi connectivity index (χ1n) is 5.72. The fourth-order valence-electron chi connectivity index (χ4n) is 2.05. The number of hydrogen-bond donors (Lipinski definition) is 0. The number of hydrogen-bond acceptors (Lipinski definition) is 5. The van der Waals surface area contributed by atoms with Gasteiger partial charge in [-0.15, -0.1) is 0 Å². The van der Waals surface area contributed by atoms with Crippen LogP contribution in [0.1, 0.15) is 32.4 Å². The third-order valence-corrected chi connectivity index (χ3v) is 2.67. The Labute approximate surface area is 100 Å². The molecule has 1 aromatic rings. The number of rotatable bonds is 2. The maximum Gasteiger partial charge on any atom is 0.317 e. The zero-order chi connectivity index (χ0) is 12.3. The van der Waals surface area contributed by atoms with E-state index in [4.69, 9.17) is 14.7 Å². The Kier molecular flexibility index (Phi) is 3.55. The molecule has 0 aliphatic carbocycles. The van der Waals surface area contributed by atoms with E-state index in [-0.39, 0.29) is 24.3 Å². The second-order valence-electron chi connectivity index (χ2n) is 4.30. The molecule has 0 spiro atoms. The van der Waals surface area contributed by atoms with E-state index in [1.54, 1.807) is 6.07 Å². The van der Waals surface area contributed by atoms with Crippen molar-refractivity contribution in [2.45, 2.75) is 45.0 Å². The summed E-state index contributed by atoms with van der Waals surface area (Å²) in [5.41, 5.74) is 0.322. The van der Waals surface area contributed by atoms with Crippen LogP contribution in [-0.2, 0) is 4.74 Å². The van der Waals surface area contributed by atoms with E-state index in [1.165, 1.54) is 6.20 Å². The molecule has 0 aromatic carbocycles. The maximum absolute atomic E-state index is 8.74. The predicted molar refractivity (Wildman–Crippen MR) is 60.4 cm³/mol. The van der Waals surface area contributed by atoms with Crippen LogP contribution < -0.4 is 4.74 Å². The van der Waals surface area contributed by atoms with Gasteiger partial charge >= 0.3 is 6.01 Å². The molecule has 0 saturated carbocycles. The molecule has 2 heterocycles. The largest absolute Gasteiger partial charge is 0.460 e. The number of nitriles is 1. The predicted octanol–water partition coefficient (Wildman–Crippen LogP) is 1.68. The first-order chi connectivity index (χ1) is 8.17. The van der Waals surface area contributed by atoms with Crippen LogP contribution in [0.3, 0.4) is 0 Å². The highest BCUT2D eigenvalue weighted by Crippen LogP contribution is 2.22. The second-order valence-corrected chi connectivity index (χ2v) is 4.30. The highest BCUT2D eigenvalue weighted by atomic mass is 16.5. The molecule has 0 N–H and O–H groups in total. The average molecular weight is 233 g/mol. The summed E-state index contributed by atoms with van der Waals surface area (Å²) in [6, 6.07) is 3.80. The third kappa shape index (κ3) is 3.14. The molecule has 2 unspecified atom stereocenters. The molecule has 1 aliphatic rings. The molecule has 2 atom stereocenters. The van der Waals surface area contributed by atoms with E-state index >= 15 is 0 Å². The van der Waals surface area contributed by atoms with Gasteiger partial charge in [0.2, 0.25) is 0 Å². The summed E-state index contributed by atoms with van der Waals surface area (Å²) >= 11 is 0. The van der Waals surface area contributed by atoms with Gasteiger partial charge in [-0.3, -0.25) is 0 Å². The lowest BCUT2D eigenvalue weighted by Crippen LogP contribution is -2.36. The standard InChI is InChI=1S/C12H15N3O2/c1-8-5-11(6-9(2)16-8)17-12-14-4-3-10(7-13)15-12/h3-4,8-9,11H,5-6H2,1-2H3. The van der Waals surface area contributed by atoms with E-state index in [0.717, 1.165) is 12.8 Å². The summed E-state index contributed by atoms with van der Waals surface area (Å²) in [7, 11) is 0. The molecular weight excluding hydrogens is 218 g/mol. The van der Waals surface area contributed by atoms with Gasteiger partial charge in [0, 0.05) is 19.0 Å². The maximum atomic E-state index is 8.74. The van der Waals surface area contributed by atoms with E-state index in [0.29, 0.717) is 5.69 Å². The fraction of sp³-hybridized carbons (Fsp3) is 0.583. The van der Waals surface area contributed by atoms with Gasteiger partial charge in [0.1, 0.15) is 17.9 Å². The number of ether oxygens (including phenoxy) is 2. The topological polar surface area (TPSA) is 68.0 Å². The molecule has 0 bridgehead atoms. The first kappa shape index (κ1) is 11.8. The van der Waals surface area contributed by atoms with Crippen LogP contribution in [0.4, 0.5) is 0 Å². The van der Waals surface area contributed by atoms with Crippen molar-refractivity contribution in [3.05, 3.63) is 18.0 Å². The van der Waals surface area contributed by atoms with Crippen molar-refractivity contribution < 1.29 is 9.47 Å². The third-order valence-electron chi connectivity index (χ3n) is 2.67. The SMILES string of the molecule is CC1CC(Oc2nccc(C#N)n2)CC(C)O1. The summed E-state index contributed by atoms with van der Waals surface area (Å²) in [5, 5.41) is 8.74. The molecule has 2 rings (SSSR count). The molecule has 0 amide bonds. The minimum absolute atomic E-state index is 0.0580. The Bertz CT molecular complexity index is 420. The Morgan fingerprint density at radius 2 is 2.12 bits per heavy atom. The van der Waals surface area contributed by atoms with Crippen LogP contribution in [-0.4, -0.2) is 28.3 Å². The van der Waals surface area contributed by atoms with Crippen LogP contribution in [0.25, 0.3) is 0 Å². The second kappa shape index (κ2) is 5.11. The Morgan fingerprint density at radius 1 is 1.41 bits per heavy atom. The van der Waals surface area contributed by atoms with Gasteiger partial charge in [-0.05, 0) is 19.9 Å². The van der Waals surface area contributed by atoms with Gasteiger partial charge in [-0.1, -0.05) is 0 Å². The van der Waals surface area contributed by atoms with Crippen molar-refractivity contribution in [3.63, 3.8) is 0 Å². The molecule has 1 aromatic heterocycles. The molecule has 1 saturated heterocycles. The van der Waals surface area contributed by atoms with Crippen LogP contribution in [0, 0.1) is 11.3 Å². The Hall–Kier alpha value is -1.67. The van der Waals surface area contributed by atoms with Crippen LogP contribution in [0.5, 0.6) is 6.01 Å². The van der Waals surface area contributed by atoms with Gasteiger partial charge in [-0.25, -0.2) is 4.98 Å². The molecular formula is C12H15N3O2. The number of aromatic nitrogens is 2. The van der Waals surface area contributed by atoms with E-state index in [9.17, 15) is 0 Å². The van der Waals surface area contributed by atoms with Crippen molar-refractivity contribution >= 4 is 0 Å². The highest BCUT2D eigenvalue weighted by molar-refractivity contribution is 5.19. The van der Waals surface area contributed by atoms with Gasteiger partial charge in [-0.2, -0.15) is 10.2 Å². The Balaban J connectivity index is 2.02. The molecule has 90 valence electrons. The summed E-state index contributed by atoms with van der Waals surface area (Å²) in [4.78, 5) is 8.01. The van der Waals surface area contributed by atoms with E-state index in [1.807, 2.05) is 19.9 Å². The average Bonchev–Trinajstić information content (AvgIpc) is 2.28. The quantitative estimate of drug-likeness (QED) is 0.777. The Morgan fingerprint density at radius 3 is 2.76 bits per heavy atom. The summed E-state index contributed by atoms with van der Waals surface area (Å²) in [6.07, 6.45) is 3.61. The van der Waals surface area contributed by atoms with Crippen molar-refractivity contribution in [2.75, 3.05) is 0 Å². The minimum atomic E-state index is 0.0580. The van der Waals surface area contributed by atoms with Crippen molar-refractivity contribution in [2.24, 2.45) is 0 Å². The highest BCUT2D eigenvalue weighted by Gasteiger charge is 2.26. The zero-order valence-electron chi connectivity index (χ0n) is 9.96. The first-order valence-corrected chi connectivity index (χ1v) is 5.72. The summed E-state index contributed by atoms with van der Waals surface area (Å²) in [6.45, 7) is 4.05. The van der Waals surface area contributed by atoms with Gasteiger partial charge in [0.05, 0.1) is 12.2 Å². The van der Waals surface area contributed by atoms with E-state index < -0.39 is 0 Å². The van der Waals surface area contributed by atoms with Crippen LogP contribution in [0.15, 0.2) is 12.3 Å². The molecule has 1 aliphatic heterocycles. The normalized spacial score (nSPS) is 28.4. The smallest absolute Gasteiger partial charge is 0.317 e. The number of nitrogens with zero attached hydrogens (tertiary/aromatic N) is 3. The summed E-state index contributed by atoms with van der Waals surface area (Å²) < 4.78 is 11.3. The molecule has 1 fully saturated rings. The lowest BCUT2D eigenvalue weighted by Gasteiger charge is -2.31. The molecule has 5 nitrogen and oxygen atoms in total. The van der Waals surface area contributed by atoms with Crippen molar-refractivity contribution in [3.8, 4) is 12.1 Å². The fourth-order valence-corrected chi connectivity index (χ4v) is 2.05. The minimum Gasteiger partial charge on any atom is -0.460 e. The van der Waals surface area contributed by atoms with Crippen molar-refractivity contribution in [1.82, 2.24) is 9.97 Å². The molecule has 5 heteroatoms. The molecule has 0 radical (unpaired) electrons. The lowest BCUT2D eigenvalue weighted by atomic mass is 10.0. The monoisotopic (exact) mass is 233 g/mol. The molecule has 17 heavy (non-hydrogen) atoms. The van der Waals surface area contributed by atoms with Gasteiger partial charge in [0.25, 0.3) is 0 Å². The van der Waals surface area contributed by atoms with Crippen LogP contribution in [0.2, 0.25) is 0 Å². The van der Waals surface area contributed by atoms with Crippen LogP contribution >= 0.6 is 0 Å². The van der Waals surface area contributed by atoms with Gasteiger partial charge < -0.3 is 9.47 Å². The zero-order valence-corrected chi connectivity index (χ0v) is 9.96. The lowest BCUT2D eigenvalue weighted by molar-refractivity contribution is -0.0738. The van der Waals surface area contributed by atoms with E-state index in [2.05, 4.69) is 9.97 Å². The van der Waals surface area contributed by atoms with Crippen molar-refractivity contribution in [1.29, 1.82) is 5.26 Å². The summed E-state index contributed by atoms with van der Waals surface area (Å²) in [5.74, 6) is 0. The van der Waals surface area contributed by atoms with Gasteiger partial charge in [0.15, 0.2) is 0 Å².